The highest BCUT2D eigenvalue weighted by molar-refractivity contribution is 5.67. The van der Waals surface area contributed by atoms with Crippen LogP contribution in [0.4, 0.5) is 21.6 Å². The molecule has 0 atom stereocenters. The Morgan fingerprint density at radius 3 is 2.54 bits per heavy atom. The fourth-order valence-corrected chi connectivity index (χ4v) is 3.32. The number of nitrogens with zero attached hydrogens (tertiary/aromatic N) is 7. The molecule has 0 radical (unpaired) electrons. The van der Waals surface area contributed by atoms with Crippen LogP contribution >= 0.6 is 0 Å². The molecule has 0 spiro atoms. The van der Waals surface area contributed by atoms with Crippen molar-refractivity contribution in [3.63, 3.8) is 0 Å². The minimum atomic E-state index is -0.751. The molecular formula is C17H18FN7O3. The third-order valence-corrected chi connectivity index (χ3v) is 4.79. The smallest absolute Gasteiger partial charge is 0.295 e. The van der Waals surface area contributed by atoms with Crippen molar-refractivity contribution in [1.82, 2.24) is 19.8 Å². The number of hydrogen-bond donors (Lipinski definition) is 0. The second kappa shape index (κ2) is 6.91. The molecule has 4 rings (SSSR count). The SMILES string of the molecule is COc1cc(N2CCN(c3ccc4nnc(C)n4n3)CC2)c([N+](=O)[O-])cc1F. The predicted octanol–water partition coefficient (Wildman–Crippen LogP) is 1.82. The van der Waals surface area contributed by atoms with Crippen molar-refractivity contribution in [3.05, 3.63) is 46.0 Å². The highest BCUT2D eigenvalue weighted by Crippen LogP contribution is 2.35. The Morgan fingerprint density at radius 2 is 1.86 bits per heavy atom. The van der Waals surface area contributed by atoms with Gasteiger partial charge in [0.25, 0.3) is 5.69 Å². The van der Waals surface area contributed by atoms with Gasteiger partial charge in [0.15, 0.2) is 23.0 Å². The molecule has 0 saturated carbocycles. The average molecular weight is 387 g/mol. The molecule has 0 aliphatic carbocycles. The molecule has 3 aromatic rings. The van der Waals surface area contributed by atoms with Crippen LogP contribution in [0.15, 0.2) is 24.3 Å². The molecule has 0 bridgehead atoms. The van der Waals surface area contributed by atoms with Gasteiger partial charge in [-0.1, -0.05) is 0 Å². The van der Waals surface area contributed by atoms with Crippen molar-refractivity contribution in [1.29, 1.82) is 0 Å². The van der Waals surface area contributed by atoms with Gasteiger partial charge in [-0.2, -0.15) is 4.52 Å². The molecule has 1 aromatic carbocycles. The molecule has 3 heterocycles. The van der Waals surface area contributed by atoms with Crippen molar-refractivity contribution in [2.24, 2.45) is 0 Å². The lowest BCUT2D eigenvalue weighted by atomic mass is 10.2. The van der Waals surface area contributed by atoms with E-state index in [0.29, 0.717) is 43.3 Å². The Kier molecular flexibility index (Phi) is 4.41. The third kappa shape index (κ3) is 3.04. The van der Waals surface area contributed by atoms with Gasteiger partial charge in [0.1, 0.15) is 11.5 Å². The lowest BCUT2D eigenvalue weighted by molar-refractivity contribution is -0.384. The quantitative estimate of drug-likeness (QED) is 0.493. The number of methoxy groups -OCH3 is 1. The summed E-state index contributed by atoms with van der Waals surface area (Å²) in [6.07, 6.45) is 0. The second-order valence-corrected chi connectivity index (χ2v) is 6.42. The monoisotopic (exact) mass is 387 g/mol. The molecule has 146 valence electrons. The molecule has 1 fully saturated rings. The van der Waals surface area contributed by atoms with Crippen LogP contribution < -0.4 is 14.5 Å². The zero-order chi connectivity index (χ0) is 19.8. The molecule has 0 N–H and O–H groups in total. The van der Waals surface area contributed by atoms with E-state index < -0.39 is 10.7 Å². The van der Waals surface area contributed by atoms with Gasteiger partial charge in [0.05, 0.1) is 18.1 Å². The normalized spacial score (nSPS) is 14.5. The lowest BCUT2D eigenvalue weighted by Crippen LogP contribution is -2.47. The summed E-state index contributed by atoms with van der Waals surface area (Å²) in [6.45, 7) is 4.09. The van der Waals surface area contributed by atoms with Gasteiger partial charge < -0.3 is 14.5 Å². The van der Waals surface area contributed by atoms with E-state index >= 15 is 0 Å². The first-order valence-corrected chi connectivity index (χ1v) is 8.69. The number of halogens is 1. The van der Waals surface area contributed by atoms with Gasteiger partial charge in [-0.25, -0.2) is 4.39 Å². The number of aryl methyl sites for hydroxylation is 1. The maximum absolute atomic E-state index is 13.9. The molecule has 1 saturated heterocycles. The van der Waals surface area contributed by atoms with E-state index in [1.54, 1.807) is 4.52 Å². The number of piperazine rings is 1. The van der Waals surface area contributed by atoms with Crippen LogP contribution in [0.2, 0.25) is 0 Å². The third-order valence-electron chi connectivity index (χ3n) is 4.79. The van der Waals surface area contributed by atoms with Crippen LogP contribution in [0.3, 0.4) is 0 Å². The highest BCUT2D eigenvalue weighted by atomic mass is 19.1. The summed E-state index contributed by atoms with van der Waals surface area (Å²) in [5.41, 5.74) is 0.751. The van der Waals surface area contributed by atoms with Gasteiger partial charge >= 0.3 is 0 Å². The Bertz CT molecular complexity index is 1050. The highest BCUT2D eigenvalue weighted by Gasteiger charge is 2.27. The molecule has 1 aliphatic heterocycles. The van der Waals surface area contributed by atoms with Crippen LogP contribution in [0.25, 0.3) is 5.65 Å². The number of rotatable bonds is 4. The van der Waals surface area contributed by atoms with Crippen LogP contribution in [0.5, 0.6) is 5.75 Å². The topological polar surface area (TPSA) is 102 Å². The van der Waals surface area contributed by atoms with E-state index in [-0.39, 0.29) is 11.4 Å². The molecule has 0 amide bonds. The summed E-state index contributed by atoms with van der Waals surface area (Å²) in [5.74, 6) is 0.711. The van der Waals surface area contributed by atoms with Crippen LogP contribution in [0.1, 0.15) is 5.82 Å². The Balaban J connectivity index is 1.56. The number of ether oxygens (including phenoxy) is 1. The summed E-state index contributed by atoms with van der Waals surface area (Å²) in [6, 6.07) is 6.02. The van der Waals surface area contributed by atoms with Crippen LogP contribution in [-0.2, 0) is 0 Å². The van der Waals surface area contributed by atoms with E-state index in [0.717, 1.165) is 11.9 Å². The number of anilines is 2. The minimum Gasteiger partial charge on any atom is -0.494 e. The first-order valence-electron chi connectivity index (χ1n) is 8.69. The summed E-state index contributed by atoms with van der Waals surface area (Å²) in [4.78, 5) is 14.7. The molecule has 0 unspecified atom stereocenters. The number of benzene rings is 1. The fourth-order valence-electron chi connectivity index (χ4n) is 3.32. The average Bonchev–Trinajstić information content (AvgIpc) is 3.08. The van der Waals surface area contributed by atoms with E-state index in [1.807, 2.05) is 24.0 Å². The molecular weight excluding hydrogens is 369 g/mol. The van der Waals surface area contributed by atoms with Crippen LogP contribution in [0, 0.1) is 22.9 Å². The predicted molar refractivity (Wildman–Crippen MR) is 99.6 cm³/mol. The van der Waals surface area contributed by atoms with Gasteiger partial charge in [-0.15, -0.1) is 15.3 Å². The molecule has 10 nitrogen and oxygen atoms in total. The van der Waals surface area contributed by atoms with Crippen LogP contribution in [-0.4, -0.2) is 58.0 Å². The number of nitro groups is 1. The number of nitro benzene ring substituents is 1. The number of hydrogen-bond acceptors (Lipinski definition) is 8. The number of aromatic nitrogens is 4. The molecule has 1 aliphatic rings. The molecule has 28 heavy (non-hydrogen) atoms. The zero-order valence-electron chi connectivity index (χ0n) is 15.4. The van der Waals surface area contributed by atoms with Crippen molar-refractivity contribution in [2.45, 2.75) is 6.92 Å². The second-order valence-electron chi connectivity index (χ2n) is 6.42. The fraction of sp³-hybridized carbons (Fsp3) is 0.353. The first-order chi connectivity index (χ1) is 13.5. The van der Waals surface area contributed by atoms with Gasteiger partial charge in [0.2, 0.25) is 0 Å². The summed E-state index contributed by atoms with van der Waals surface area (Å²) >= 11 is 0. The van der Waals surface area contributed by atoms with Gasteiger partial charge in [-0.05, 0) is 19.1 Å². The Labute approximate surface area is 159 Å². The molecule has 2 aromatic heterocycles. The Hall–Kier alpha value is -3.50. The van der Waals surface area contributed by atoms with Crippen molar-refractivity contribution in [3.8, 4) is 5.75 Å². The minimum absolute atomic E-state index is 0.0155. The van der Waals surface area contributed by atoms with Crippen molar-refractivity contribution in [2.75, 3.05) is 43.1 Å². The van der Waals surface area contributed by atoms with Crippen molar-refractivity contribution >= 4 is 22.8 Å². The Morgan fingerprint density at radius 1 is 1.14 bits per heavy atom. The first kappa shape index (κ1) is 17.9. The van der Waals surface area contributed by atoms with E-state index in [9.17, 15) is 14.5 Å². The number of fused-ring (bicyclic) bond motifs is 1. The van der Waals surface area contributed by atoms with Crippen molar-refractivity contribution < 1.29 is 14.1 Å². The van der Waals surface area contributed by atoms with Gasteiger partial charge in [0, 0.05) is 32.2 Å². The summed E-state index contributed by atoms with van der Waals surface area (Å²) in [7, 11) is 1.33. The van der Waals surface area contributed by atoms with E-state index in [2.05, 4.69) is 20.2 Å². The van der Waals surface area contributed by atoms with E-state index in [1.165, 1.54) is 13.2 Å². The zero-order valence-corrected chi connectivity index (χ0v) is 15.4. The maximum Gasteiger partial charge on any atom is 0.295 e. The maximum atomic E-state index is 13.9. The summed E-state index contributed by atoms with van der Waals surface area (Å²) < 4.78 is 20.6. The largest absolute Gasteiger partial charge is 0.494 e. The van der Waals surface area contributed by atoms with Gasteiger partial charge in [-0.3, -0.25) is 10.1 Å². The lowest BCUT2D eigenvalue weighted by Gasteiger charge is -2.36. The molecule has 11 heteroatoms. The summed E-state index contributed by atoms with van der Waals surface area (Å²) in [5, 5.41) is 24.0. The standard InChI is InChI=1S/C17H18FN7O3/c1-11-19-20-16-3-4-17(21-24(11)16)23-7-5-22(6-8-23)13-10-15(28-2)12(18)9-14(13)25(26)27/h3-4,9-10H,5-8H2,1-2H3. The van der Waals surface area contributed by atoms with E-state index in [4.69, 9.17) is 4.74 Å².